The average Bonchev–Trinajstić information content (AvgIpc) is 2.55. The van der Waals surface area contributed by atoms with Crippen LogP contribution in [0.2, 0.25) is 10.0 Å². The molecule has 0 saturated carbocycles. The molecule has 0 unspecified atom stereocenters. The van der Waals surface area contributed by atoms with E-state index in [2.05, 4.69) is 5.32 Å². The smallest absolute Gasteiger partial charge is 0.242 e. The molecule has 0 saturated heterocycles. The maximum Gasteiger partial charge on any atom is 0.242 e. The van der Waals surface area contributed by atoms with Gasteiger partial charge in [0.1, 0.15) is 0 Å². The lowest BCUT2D eigenvalue weighted by molar-refractivity contribution is -0.113. The molecule has 1 amide bonds. The van der Waals surface area contributed by atoms with Crippen molar-refractivity contribution in [3.05, 3.63) is 52.5 Å². The van der Waals surface area contributed by atoms with E-state index in [1.54, 1.807) is 30.3 Å². The number of amides is 1. The SMILES string of the molecule is CN(C)S(=O)(=O)c1cccc(NC(=O)CSc2cc(Cl)ccc2Cl)c1. The van der Waals surface area contributed by atoms with Gasteiger partial charge in [-0.2, -0.15) is 0 Å². The Labute approximate surface area is 161 Å². The van der Waals surface area contributed by atoms with Crippen molar-refractivity contribution in [1.82, 2.24) is 4.31 Å². The van der Waals surface area contributed by atoms with E-state index in [9.17, 15) is 13.2 Å². The van der Waals surface area contributed by atoms with Crippen molar-refractivity contribution in [1.29, 1.82) is 0 Å². The Kier molecular flexibility index (Phi) is 6.76. The van der Waals surface area contributed by atoms with Crippen molar-refractivity contribution < 1.29 is 13.2 Å². The molecule has 2 aromatic carbocycles. The van der Waals surface area contributed by atoms with Crippen LogP contribution >= 0.6 is 35.0 Å². The zero-order valence-corrected chi connectivity index (χ0v) is 16.6. The van der Waals surface area contributed by atoms with Gasteiger partial charge in [-0.05, 0) is 36.4 Å². The van der Waals surface area contributed by atoms with Gasteiger partial charge in [-0.25, -0.2) is 12.7 Å². The molecule has 1 N–H and O–H groups in total. The second-order valence-corrected chi connectivity index (χ2v) is 9.24. The monoisotopic (exact) mass is 418 g/mol. The quantitative estimate of drug-likeness (QED) is 0.720. The number of nitrogens with one attached hydrogen (secondary N) is 1. The molecule has 0 heterocycles. The number of nitrogens with zero attached hydrogens (tertiary/aromatic N) is 1. The number of anilines is 1. The summed E-state index contributed by atoms with van der Waals surface area (Å²) in [5.41, 5.74) is 0.408. The number of carbonyl (C=O) groups excluding carboxylic acids is 1. The Hall–Kier alpha value is -1.25. The van der Waals surface area contributed by atoms with Gasteiger partial charge in [0.2, 0.25) is 15.9 Å². The Morgan fingerprint density at radius 3 is 2.56 bits per heavy atom. The Morgan fingerprint density at radius 2 is 1.88 bits per heavy atom. The topological polar surface area (TPSA) is 66.5 Å². The largest absolute Gasteiger partial charge is 0.325 e. The second-order valence-electron chi connectivity index (χ2n) is 5.23. The number of rotatable bonds is 6. The summed E-state index contributed by atoms with van der Waals surface area (Å²) in [4.78, 5) is 12.9. The van der Waals surface area contributed by atoms with Crippen LogP contribution in [0.3, 0.4) is 0 Å². The lowest BCUT2D eigenvalue weighted by Crippen LogP contribution is -2.22. The average molecular weight is 419 g/mol. The minimum atomic E-state index is -3.56. The molecule has 0 aliphatic carbocycles. The first-order chi connectivity index (χ1) is 11.7. The maximum absolute atomic E-state index is 12.1. The van der Waals surface area contributed by atoms with Gasteiger partial charge in [-0.1, -0.05) is 29.3 Å². The first kappa shape index (κ1) is 20.1. The van der Waals surface area contributed by atoms with Gasteiger partial charge in [-0.15, -0.1) is 11.8 Å². The molecule has 0 spiro atoms. The fourth-order valence-corrected chi connectivity index (χ4v) is 4.11. The molecule has 0 aromatic heterocycles. The molecule has 0 aliphatic rings. The summed E-state index contributed by atoms with van der Waals surface area (Å²) in [6.07, 6.45) is 0. The van der Waals surface area contributed by atoms with Crippen LogP contribution in [0.25, 0.3) is 0 Å². The third-order valence-electron chi connectivity index (χ3n) is 3.15. The zero-order chi connectivity index (χ0) is 18.6. The van der Waals surface area contributed by atoms with Crippen molar-refractivity contribution in [2.75, 3.05) is 25.2 Å². The number of hydrogen-bond donors (Lipinski definition) is 1. The number of thioether (sulfide) groups is 1. The van der Waals surface area contributed by atoms with E-state index in [0.717, 1.165) is 4.31 Å². The maximum atomic E-state index is 12.1. The van der Waals surface area contributed by atoms with Crippen LogP contribution in [0.4, 0.5) is 5.69 Å². The van der Waals surface area contributed by atoms with E-state index >= 15 is 0 Å². The summed E-state index contributed by atoms with van der Waals surface area (Å²) in [6, 6.07) is 11.1. The minimum Gasteiger partial charge on any atom is -0.325 e. The van der Waals surface area contributed by atoms with Crippen molar-refractivity contribution in [2.24, 2.45) is 0 Å². The highest BCUT2D eigenvalue weighted by Crippen LogP contribution is 2.30. The molecule has 0 bridgehead atoms. The standard InChI is InChI=1S/C16H16Cl2N2O3S2/c1-20(2)25(22,23)13-5-3-4-12(9-13)19-16(21)10-24-15-8-11(17)6-7-14(15)18/h3-9H,10H2,1-2H3,(H,19,21). The summed E-state index contributed by atoms with van der Waals surface area (Å²) in [5.74, 6) is -0.162. The van der Waals surface area contributed by atoms with Crippen molar-refractivity contribution in [2.45, 2.75) is 9.79 Å². The van der Waals surface area contributed by atoms with Gasteiger partial charge in [0, 0.05) is 29.7 Å². The van der Waals surface area contributed by atoms with Crippen molar-refractivity contribution in [3.8, 4) is 0 Å². The van der Waals surface area contributed by atoms with Crippen LogP contribution in [0.15, 0.2) is 52.3 Å². The van der Waals surface area contributed by atoms with Crippen LogP contribution in [0.5, 0.6) is 0 Å². The van der Waals surface area contributed by atoms with Crippen molar-refractivity contribution in [3.63, 3.8) is 0 Å². The van der Waals surface area contributed by atoms with E-state index < -0.39 is 10.0 Å². The molecule has 25 heavy (non-hydrogen) atoms. The number of sulfonamides is 1. The van der Waals surface area contributed by atoms with E-state index in [0.29, 0.717) is 20.6 Å². The fourth-order valence-electron chi connectivity index (χ4n) is 1.87. The lowest BCUT2D eigenvalue weighted by atomic mass is 10.3. The first-order valence-electron chi connectivity index (χ1n) is 7.10. The van der Waals surface area contributed by atoms with E-state index in [1.165, 1.54) is 38.0 Å². The first-order valence-corrected chi connectivity index (χ1v) is 10.3. The molecule has 134 valence electrons. The molecule has 0 radical (unpaired) electrons. The predicted molar refractivity (Wildman–Crippen MR) is 103 cm³/mol. The molecule has 0 fully saturated rings. The van der Waals surface area contributed by atoms with Gasteiger partial charge in [0.25, 0.3) is 0 Å². The van der Waals surface area contributed by atoms with Gasteiger partial charge in [0.15, 0.2) is 0 Å². The molecule has 0 aliphatic heterocycles. The number of carbonyl (C=O) groups is 1. The van der Waals surface area contributed by atoms with Crippen LogP contribution in [-0.2, 0) is 14.8 Å². The third kappa shape index (κ3) is 5.36. The fraction of sp³-hybridized carbons (Fsp3) is 0.188. The summed E-state index contributed by atoms with van der Waals surface area (Å²) >= 11 is 13.2. The van der Waals surface area contributed by atoms with E-state index in [4.69, 9.17) is 23.2 Å². The van der Waals surface area contributed by atoms with E-state index in [1.807, 2.05) is 0 Å². The molecule has 2 aromatic rings. The predicted octanol–water partition coefficient (Wildman–Crippen LogP) is 3.97. The lowest BCUT2D eigenvalue weighted by Gasteiger charge is -2.12. The van der Waals surface area contributed by atoms with Crippen LogP contribution in [-0.4, -0.2) is 38.5 Å². The van der Waals surface area contributed by atoms with Crippen molar-refractivity contribution >= 4 is 56.6 Å². The highest BCUT2D eigenvalue weighted by Gasteiger charge is 2.17. The highest BCUT2D eigenvalue weighted by atomic mass is 35.5. The molecular weight excluding hydrogens is 403 g/mol. The van der Waals surface area contributed by atoms with Gasteiger partial charge in [0.05, 0.1) is 15.7 Å². The Morgan fingerprint density at radius 1 is 1.16 bits per heavy atom. The zero-order valence-electron chi connectivity index (χ0n) is 13.5. The highest BCUT2D eigenvalue weighted by molar-refractivity contribution is 8.00. The van der Waals surface area contributed by atoms with E-state index in [-0.39, 0.29) is 16.6 Å². The van der Waals surface area contributed by atoms with Gasteiger partial charge < -0.3 is 5.32 Å². The number of hydrogen-bond acceptors (Lipinski definition) is 4. The molecule has 9 heteroatoms. The number of halogens is 2. The van der Waals surface area contributed by atoms with Crippen LogP contribution < -0.4 is 5.32 Å². The van der Waals surface area contributed by atoms with Gasteiger partial charge in [-0.3, -0.25) is 4.79 Å². The third-order valence-corrected chi connectivity index (χ3v) is 6.69. The Bertz CT molecular complexity index is 887. The number of benzene rings is 2. The molecule has 0 atom stereocenters. The molecular formula is C16H16Cl2N2O3S2. The summed E-state index contributed by atoms with van der Waals surface area (Å²) in [7, 11) is -0.655. The molecule has 2 rings (SSSR count). The van der Waals surface area contributed by atoms with Crippen LogP contribution in [0, 0.1) is 0 Å². The summed E-state index contributed by atoms with van der Waals surface area (Å²) in [5, 5.41) is 3.73. The summed E-state index contributed by atoms with van der Waals surface area (Å²) in [6.45, 7) is 0. The van der Waals surface area contributed by atoms with Crippen LogP contribution in [0.1, 0.15) is 0 Å². The summed E-state index contributed by atoms with van der Waals surface area (Å²) < 4.78 is 25.4. The second kappa shape index (κ2) is 8.42. The van der Waals surface area contributed by atoms with Gasteiger partial charge >= 0.3 is 0 Å². The Balaban J connectivity index is 2.05. The normalized spacial score (nSPS) is 11.6. The minimum absolute atomic E-state index is 0.112. The molecule has 5 nitrogen and oxygen atoms in total.